The predicted molar refractivity (Wildman–Crippen MR) is 108 cm³/mol. The second-order valence-corrected chi connectivity index (χ2v) is 9.12. The van der Waals surface area contributed by atoms with E-state index in [9.17, 15) is 17.9 Å². The van der Waals surface area contributed by atoms with Crippen LogP contribution in [0.15, 0.2) is 58.4 Å². The molecule has 0 atom stereocenters. The Labute approximate surface area is 174 Å². The predicted octanol–water partition coefficient (Wildman–Crippen LogP) is 3.26. The van der Waals surface area contributed by atoms with Crippen molar-refractivity contribution in [3.63, 3.8) is 0 Å². The van der Waals surface area contributed by atoms with E-state index in [1.165, 1.54) is 12.3 Å². The van der Waals surface area contributed by atoms with E-state index >= 15 is 0 Å². The third-order valence-electron chi connectivity index (χ3n) is 4.27. The normalized spacial score (nSPS) is 11.9. The van der Waals surface area contributed by atoms with Gasteiger partial charge in [-0.25, -0.2) is 27.8 Å². The van der Waals surface area contributed by atoms with Gasteiger partial charge in [-0.05, 0) is 57.9 Å². The van der Waals surface area contributed by atoms with Crippen molar-refractivity contribution in [1.82, 2.24) is 19.4 Å². The zero-order valence-electron chi connectivity index (χ0n) is 15.0. The lowest BCUT2D eigenvalue weighted by Gasteiger charge is -2.07. The van der Waals surface area contributed by atoms with E-state index in [2.05, 4.69) is 30.9 Å². The lowest BCUT2D eigenvalue weighted by Crippen LogP contribution is -2.05. The Morgan fingerprint density at radius 1 is 1.17 bits per heavy atom. The van der Waals surface area contributed by atoms with Crippen LogP contribution in [0.4, 0.5) is 4.39 Å². The number of aliphatic hydroxyl groups is 1. The first kappa shape index (κ1) is 19.6. The SMILES string of the molecule is CS(=O)(=O)c1nccc(-c2c(-c3ccc(F)c(Br)c3)nc3cc(CO)ccn23)n1. The monoisotopic (exact) mass is 476 g/mol. The molecule has 0 aliphatic rings. The molecule has 0 aliphatic carbocycles. The van der Waals surface area contributed by atoms with Gasteiger partial charge in [0.05, 0.1) is 28.2 Å². The number of sulfone groups is 1. The molecule has 0 bridgehead atoms. The highest BCUT2D eigenvalue weighted by atomic mass is 79.9. The van der Waals surface area contributed by atoms with Crippen LogP contribution in [0.1, 0.15) is 5.56 Å². The summed E-state index contributed by atoms with van der Waals surface area (Å²) in [6.45, 7) is -0.151. The van der Waals surface area contributed by atoms with Crippen molar-refractivity contribution in [2.75, 3.05) is 6.26 Å². The molecule has 1 N–H and O–H groups in total. The number of imidazole rings is 1. The lowest BCUT2D eigenvalue weighted by atomic mass is 10.1. The first-order chi connectivity index (χ1) is 13.8. The maximum absolute atomic E-state index is 13.7. The lowest BCUT2D eigenvalue weighted by molar-refractivity contribution is 0.282. The molecule has 0 fully saturated rings. The number of hydrogen-bond acceptors (Lipinski definition) is 6. The molecule has 4 rings (SSSR count). The maximum Gasteiger partial charge on any atom is 0.247 e. The summed E-state index contributed by atoms with van der Waals surface area (Å²) in [5.41, 5.74) is 3.17. The number of benzene rings is 1. The smallest absolute Gasteiger partial charge is 0.247 e. The molecule has 0 unspecified atom stereocenters. The van der Waals surface area contributed by atoms with E-state index in [1.54, 1.807) is 40.9 Å². The second-order valence-electron chi connectivity index (χ2n) is 6.36. The molecule has 0 aliphatic heterocycles. The summed E-state index contributed by atoms with van der Waals surface area (Å²) < 4.78 is 39.6. The van der Waals surface area contributed by atoms with Gasteiger partial charge < -0.3 is 5.11 Å². The third kappa shape index (κ3) is 3.66. The Hall–Kier alpha value is -2.69. The number of nitrogens with zero attached hydrogens (tertiary/aromatic N) is 4. The summed E-state index contributed by atoms with van der Waals surface area (Å²) in [6.07, 6.45) is 4.12. The van der Waals surface area contributed by atoms with Crippen molar-refractivity contribution in [1.29, 1.82) is 0 Å². The minimum absolute atomic E-state index is 0.151. The number of aliphatic hydroxyl groups excluding tert-OH is 1. The molecule has 0 saturated carbocycles. The zero-order chi connectivity index (χ0) is 20.8. The van der Waals surface area contributed by atoms with Gasteiger partial charge in [0.2, 0.25) is 15.0 Å². The van der Waals surface area contributed by atoms with Crippen LogP contribution < -0.4 is 0 Å². The molecule has 1 aromatic carbocycles. The minimum atomic E-state index is -3.61. The van der Waals surface area contributed by atoms with Gasteiger partial charge in [-0.15, -0.1) is 0 Å². The second kappa shape index (κ2) is 7.29. The molecule has 0 saturated heterocycles. The Balaban J connectivity index is 2.04. The molecule has 3 heterocycles. The first-order valence-corrected chi connectivity index (χ1v) is 11.1. The molecule has 4 aromatic rings. The Bertz CT molecular complexity index is 1360. The zero-order valence-corrected chi connectivity index (χ0v) is 17.4. The average molecular weight is 477 g/mol. The first-order valence-electron chi connectivity index (χ1n) is 8.38. The van der Waals surface area contributed by atoms with E-state index in [4.69, 9.17) is 0 Å². The van der Waals surface area contributed by atoms with E-state index in [0.717, 1.165) is 6.26 Å². The van der Waals surface area contributed by atoms with Crippen LogP contribution in [0.3, 0.4) is 0 Å². The summed E-state index contributed by atoms with van der Waals surface area (Å²) in [5.74, 6) is -0.414. The van der Waals surface area contributed by atoms with Crippen molar-refractivity contribution in [3.05, 3.63) is 64.6 Å². The molecule has 0 amide bonds. The van der Waals surface area contributed by atoms with E-state index in [-0.39, 0.29) is 16.2 Å². The van der Waals surface area contributed by atoms with Crippen LogP contribution in [0.5, 0.6) is 0 Å². The highest BCUT2D eigenvalue weighted by molar-refractivity contribution is 9.10. The Morgan fingerprint density at radius 2 is 1.97 bits per heavy atom. The molecule has 148 valence electrons. The van der Waals surface area contributed by atoms with Gasteiger partial charge >= 0.3 is 0 Å². The fraction of sp³-hybridized carbons (Fsp3) is 0.105. The van der Waals surface area contributed by atoms with Crippen molar-refractivity contribution in [2.45, 2.75) is 11.8 Å². The van der Waals surface area contributed by atoms with Gasteiger partial charge in [-0.1, -0.05) is 0 Å². The summed E-state index contributed by atoms with van der Waals surface area (Å²) in [6, 6.07) is 9.50. The third-order valence-corrected chi connectivity index (χ3v) is 5.74. The number of pyridine rings is 1. The highest BCUT2D eigenvalue weighted by Crippen LogP contribution is 2.34. The highest BCUT2D eigenvalue weighted by Gasteiger charge is 2.20. The Morgan fingerprint density at radius 3 is 2.66 bits per heavy atom. The summed E-state index contributed by atoms with van der Waals surface area (Å²) in [4.78, 5) is 12.7. The fourth-order valence-electron chi connectivity index (χ4n) is 2.93. The number of hydrogen-bond donors (Lipinski definition) is 1. The van der Waals surface area contributed by atoms with Crippen molar-refractivity contribution in [2.24, 2.45) is 0 Å². The van der Waals surface area contributed by atoms with Crippen LogP contribution in [0.2, 0.25) is 0 Å². The number of halogens is 2. The van der Waals surface area contributed by atoms with Crippen LogP contribution in [-0.2, 0) is 16.4 Å². The molecular weight excluding hydrogens is 463 g/mol. The van der Waals surface area contributed by atoms with E-state index in [0.29, 0.717) is 33.9 Å². The molecule has 7 nitrogen and oxygen atoms in total. The van der Waals surface area contributed by atoms with E-state index < -0.39 is 15.7 Å². The Kier molecular flexibility index (Phi) is 4.93. The van der Waals surface area contributed by atoms with Crippen LogP contribution in [0.25, 0.3) is 28.3 Å². The van der Waals surface area contributed by atoms with Gasteiger partial charge in [-0.2, -0.15) is 0 Å². The topological polar surface area (TPSA) is 97.5 Å². The average Bonchev–Trinajstić information content (AvgIpc) is 3.08. The maximum atomic E-state index is 13.7. The molecule has 0 radical (unpaired) electrons. The van der Waals surface area contributed by atoms with Crippen molar-refractivity contribution in [3.8, 4) is 22.6 Å². The quantitative estimate of drug-likeness (QED) is 0.454. The van der Waals surface area contributed by atoms with Gasteiger partial charge in [0.25, 0.3) is 0 Å². The molecule has 10 heteroatoms. The van der Waals surface area contributed by atoms with Crippen molar-refractivity contribution < 1.29 is 17.9 Å². The minimum Gasteiger partial charge on any atom is -0.392 e. The standard InChI is InChI=1S/C19H14BrFN4O3S/c1-29(27,28)19-22-6-4-15(23-19)18-17(12-2-3-14(21)13(20)9-12)24-16-8-11(10-26)5-7-25(16)18/h2-9,26H,10H2,1H3. The fourth-order valence-corrected chi connectivity index (χ4v) is 3.82. The van der Waals surface area contributed by atoms with Crippen LogP contribution >= 0.6 is 15.9 Å². The number of rotatable bonds is 4. The summed E-state index contributed by atoms with van der Waals surface area (Å²) >= 11 is 3.18. The molecule has 0 spiro atoms. The van der Waals surface area contributed by atoms with Gasteiger partial charge in [-0.3, -0.25) is 4.40 Å². The molecule has 3 aromatic heterocycles. The van der Waals surface area contributed by atoms with Crippen LogP contribution in [0, 0.1) is 5.82 Å². The number of fused-ring (bicyclic) bond motifs is 1. The van der Waals surface area contributed by atoms with Crippen molar-refractivity contribution >= 4 is 31.4 Å². The van der Waals surface area contributed by atoms with Gasteiger partial charge in [0.1, 0.15) is 11.5 Å². The van der Waals surface area contributed by atoms with Gasteiger partial charge in [0, 0.05) is 24.2 Å². The van der Waals surface area contributed by atoms with Crippen LogP contribution in [-0.4, -0.2) is 39.1 Å². The summed E-state index contributed by atoms with van der Waals surface area (Å²) in [5, 5.41) is 9.13. The molecular formula is C19H14BrFN4O3S. The van der Waals surface area contributed by atoms with Gasteiger partial charge in [0.15, 0.2) is 0 Å². The van der Waals surface area contributed by atoms with E-state index in [1.807, 2.05) is 0 Å². The summed E-state index contributed by atoms with van der Waals surface area (Å²) in [7, 11) is -3.61. The number of aromatic nitrogens is 4. The largest absolute Gasteiger partial charge is 0.392 e. The molecule has 29 heavy (non-hydrogen) atoms.